The van der Waals surface area contributed by atoms with Gasteiger partial charge in [-0.05, 0) is 55.7 Å². The van der Waals surface area contributed by atoms with Gasteiger partial charge in [-0.3, -0.25) is 0 Å². The Labute approximate surface area is 91.1 Å². The van der Waals surface area contributed by atoms with E-state index in [1.165, 1.54) is 18.4 Å². The number of hydrogen-bond donors (Lipinski definition) is 2. The van der Waals surface area contributed by atoms with Crippen LogP contribution in [0, 0.1) is 5.92 Å². The Morgan fingerprint density at radius 2 is 2.20 bits per heavy atom. The first-order chi connectivity index (χ1) is 7.25. The molecule has 2 rings (SSSR count). The molecule has 1 fully saturated rings. The highest BCUT2D eigenvalue weighted by molar-refractivity contribution is 5.27. The van der Waals surface area contributed by atoms with Gasteiger partial charge in [0.05, 0.1) is 0 Å². The molecule has 1 unspecified atom stereocenters. The van der Waals surface area contributed by atoms with Gasteiger partial charge in [0.25, 0.3) is 0 Å². The molecule has 0 spiro atoms. The van der Waals surface area contributed by atoms with Crippen LogP contribution in [0.4, 0.5) is 0 Å². The Bertz CT molecular complexity index is 320. The van der Waals surface area contributed by atoms with Gasteiger partial charge in [0.15, 0.2) is 0 Å². The first kappa shape index (κ1) is 10.5. The Kier molecular flexibility index (Phi) is 3.27. The molecule has 1 aliphatic carbocycles. The van der Waals surface area contributed by atoms with Crippen molar-refractivity contribution in [2.45, 2.75) is 38.1 Å². The van der Waals surface area contributed by atoms with Gasteiger partial charge in [-0.1, -0.05) is 12.1 Å². The summed E-state index contributed by atoms with van der Waals surface area (Å²) < 4.78 is 0. The molecule has 1 aliphatic rings. The van der Waals surface area contributed by atoms with Crippen LogP contribution in [0.2, 0.25) is 0 Å². The molecule has 1 atom stereocenters. The highest BCUT2D eigenvalue weighted by Crippen LogP contribution is 2.33. The molecule has 0 amide bonds. The molecule has 0 aliphatic heterocycles. The number of aryl methyl sites for hydroxylation is 1. The molecule has 2 nitrogen and oxygen atoms in total. The summed E-state index contributed by atoms with van der Waals surface area (Å²) in [6.07, 6.45) is 5.91. The monoisotopic (exact) mass is 205 g/mol. The largest absolute Gasteiger partial charge is 0.508 e. The zero-order valence-electron chi connectivity index (χ0n) is 9.02. The molecule has 2 heteroatoms. The van der Waals surface area contributed by atoms with E-state index in [9.17, 15) is 5.11 Å². The third kappa shape index (κ3) is 3.24. The molecule has 1 aromatic rings. The predicted molar refractivity (Wildman–Crippen MR) is 61.7 cm³/mol. The third-order valence-corrected chi connectivity index (χ3v) is 3.14. The SMILES string of the molecule is NC(CCCc1cccc(O)c1)C1CC1. The maximum atomic E-state index is 9.30. The minimum absolute atomic E-state index is 0.360. The van der Waals surface area contributed by atoms with Crippen LogP contribution in [0.1, 0.15) is 31.2 Å². The van der Waals surface area contributed by atoms with E-state index < -0.39 is 0 Å². The third-order valence-electron chi connectivity index (χ3n) is 3.14. The zero-order chi connectivity index (χ0) is 10.7. The van der Waals surface area contributed by atoms with E-state index in [1.807, 2.05) is 12.1 Å². The van der Waals surface area contributed by atoms with Gasteiger partial charge in [0.2, 0.25) is 0 Å². The van der Waals surface area contributed by atoms with Crippen LogP contribution in [0.15, 0.2) is 24.3 Å². The highest BCUT2D eigenvalue weighted by Gasteiger charge is 2.27. The molecule has 1 saturated carbocycles. The summed E-state index contributed by atoms with van der Waals surface area (Å²) in [6, 6.07) is 7.90. The van der Waals surface area contributed by atoms with Crippen LogP contribution in [-0.2, 0) is 6.42 Å². The van der Waals surface area contributed by atoms with Crippen LogP contribution in [-0.4, -0.2) is 11.1 Å². The van der Waals surface area contributed by atoms with Crippen molar-refractivity contribution in [1.82, 2.24) is 0 Å². The van der Waals surface area contributed by atoms with Crippen molar-refractivity contribution in [3.8, 4) is 5.75 Å². The zero-order valence-corrected chi connectivity index (χ0v) is 9.02. The maximum absolute atomic E-state index is 9.30. The van der Waals surface area contributed by atoms with Crippen molar-refractivity contribution >= 4 is 0 Å². The lowest BCUT2D eigenvalue weighted by Gasteiger charge is -2.09. The lowest BCUT2D eigenvalue weighted by Crippen LogP contribution is -2.22. The fourth-order valence-electron chi connectivity index (χ4n) is 2.01. The summed E-state index contributed by atoms with van der Waals surface area (Å²) >= 11 is 0. The normalized spacial score (nSPS) is 17.7. The van der Waals surface area contributed by atoms with Gasteiger partial charge in [-0.25, -0.2) is 0 Å². The Morgan fingerprint density at radius 3 is 2.87 bits per heavy atom. The van der Waals surface area contributed by atoms with Gasteiger partial charge in [0.1, 0.15) is 5.75 Å². The van der Waals surface area contributed by atoms with Crippen molar-refractivity contribution in [2.24, 2.45) is 11.7 Å². The van der Waals surface area contributed by atoms with Crippen molar-refractivity contribution in [3.05, 3.63) is 29.8 Å². The summed E-state index contributed by atoms with van der Waals surface area (Å²) in [5, 5.41) is 9.30. The smallest absolute Gasteiger partial charge is 0.115 e. The molecule has 1 aromatic carbocycles. The van der Waals surface area contributed by atoms with E-state index in [-0.39, 0.29) is 0 Å². The van der Waals surface area contributed by atoms with Crippen LogP contribution in [0.3, 0.4) is 0 Å². The van der Waals surface area contributed by atoms with Gasteiger partial charge in [0, 0.05) is 6.04 Å². The van der Waals surface area contributed by atoms with E-state index >= 15 is 0 Å². The Hall–Kier alpha value is -1.02. The van der Waals surface area contributed by atoms with E-state index in [4.69, 9.17) is 5.73 Å². The van der Waals surface area contributed by atoms with Crippen molar-refractivity contribution in [1.29, 1.82) is 0 Å². The van der Waals surface area contributed by atoms with Crippen LogP contribution in [0.5, 0.6) is 5.75 Å². The summed E-state index contributed by atoms with van der Waals surface area (Å²) in [5.74, 6) is 1.16. The van der Waals surface area contributed by atoms with Gasteiger partial charge in [-0.15, -0.1) is 0 Å². The van der Waals surface area contributed by atoms with E-state index in [0.717, 1.165) is 25.2 Å². The molecule has 0 aromatic heterocycles. The standard InChI is InChI=1S/C13H19NO/c14-13(11-7-8-11)6-2-4-10-3-1-5-12(15)9-10/h1,3,5,9,11,13,15H,2,4,6-8,14H2. The number of benzene rings is 1. The molecule has 82 valence electrons. The molecule has 15 heavy (non-hydrogen) atoms. The number of phenolic OH excluding ortho intramolecular Hbond substituents is 1. The second kappa shape index (κ2) is 4.67. The average Bonchev–Trinajstić information content (AvgIpc) is 3.00. The van der Waals surface area contributed by atoms with Crippen LogP contribution in [0.25, 0.3) is 0 Å². The van der Waals surface area contributed by atoms with Crippen molar-refractivity contribution in [3.63, 3.8) is 0 Å². The molecule has 0 bridgehead atoms. The lowest BCUT2D eigenvalue weighted by molar-refractivity contribution is 0.474. The molecule has 0 saturated heterocycles. The minimum atomic E-state index is 0.360. The summed E-state index contributed by atoms with van der Waals surface area (Å²) in [6.45, 7) is 0. The Morgan fingerprint density at radius 1 is 1.40 bits per heavy atom. The van der Waals surface area contributed by atoms with Gasteiger partial charge in [-0.2, -0.15) is 0 Å². The molecule has 0 radical (unpaired) electrons. The summed E-state index contributed by atoms with van der Waals surface area (Å²) in [5.41, 5.74) is 7.23. The molecule has 0 heterocycles. The van der Waals surface area contributed by atoms with E-state index in [0.29, 0.717) is 11.8 Å². The molecular formula is C13H19NO. The average molecular weight is 205 g/mol. The van der Waals surface area contributed by atoms with Gasteiger partial charge >= 0.3 is 0 Å². The number of nitrogens with two attached hydrogens (primary N) is 1. The maximum Gasteiger partial charge on any atom is 0.115 e. The van der Waals surface area contributed by atoms with E-state index in [2.05, 4.69) is 6.07 Å². The minimum Gasteiger partial charge on any atom is -0.508 e. The molecule has 3 N–H and O–H groups in total. The van der Waals surface area contributed by atoms with Crippen molar-refractivity contribution in [2.75, 3.05) is 0 Å². The predicted octanol–water partition coefficient (Wildman–Crippen LogP) is 2.45. The Balaban J connectivity index is 1.73. The van der Waals surface area contributed by atoms with Crippen molar-refractivity contribution < 1.29 is 5.11 Å². The topological polar surface area (TPSA) is 46.2 Å². The van der Waals surface area contributed by atoms with Crippen LogP contribution < -0.4 is 5.73 Å². The second-order valence-electron chi connectivity index (χ2n) is 4.56. The number of rotatable bonds is 5. The summed E-state index contributed by atoms with van der Waals surface area (Å²) in [4.78, 5) is 0. The first-order valence-electron chi connectivity index (χ1n) is 5.79. The molecular weight excluding hydrogens is 186 g/mol. The van der Waals surface area contributed by atoms with E-state index in [1.54, 1.807) is 6.07 Å². The number of phenols is 1. The lowest BCUT2D eigenvalue weighted by atomic mass is 10.0. The first-order valence-corrected chi connectivity index (χ1v) is 5.79. The number of hydrogen-bond acceptors (Lipinski definition) is 2. The highest BCUT2D eigenvalue weighted by atomic mass is 16.3. The number of aromatic hydroxyl groups is 1. The fourth-order valence-corrected chi connectivity index (χ4v) is 2.01. The quantitative estimate of drug-likeness (QED) is 0.775. The summed E-state index contributed by atoms with van der Waals surface area (Å²) in [7, 11) is 0. The fraction of sp³-hybridized carbons (Fsp3) is 0.538. The second-order valence-corrected chi connectivity index (χ2v) is 4.56. The van der Waals surface area contributed by atoms with Gasteiger partial charge < -0.3 is 10.8 Å². The van der Waals surface area contributed by atoms with Crippen LogP contribution >= 0.6 is 0 Å².